The van der Waals surface area contributed by atoms with Crippen LogP contribution >= 0.6 is 0 Å². The Bertz CT molecular complexity index is 438. The lowest BCUT2D eigenvalue weighted by atomic mass is 9.91. The van der Waals surface area contributed by atoms with Crippen molar-refractivity contribution in [1.82, 2.24) is 4.90 Å². The Balaban J connectivity index is 2.09. The van der Waals surface area contributed by atoms with Gasteiger partial charge in [0, 0.05) is 18.3 Å². The zero-order valence-electron chi connectivity index (χ0n) is 12.4. The van der Waals surface area contributed by atoms with Crippen LogP contribution in [-0.2, 0) is 0 Å². The fourth-order valence-corrected chi connectivity index (χ4v) is 2.93. The Hall–Kier alpha value is -1.13. The summed E-state index contributed by atoms with van der Waals surface area (Å²) in [6, 6.07) is 7.00. The monoisotopic (exact) mass is 280 g/mol. The fourth-order valence-electron chi connectivity index (χ4n) is 2.93. The first kappa shape index (κ1) is 15.3. The van der Waals surface area contributed by atoms with Gasteiger partial charge in [0.15, 0.2) is 0 Å². The van der Waals surface area contributed by atoms with Crippen molar-refractivity contribution >= 4 is 5.69 Å². The molecule has 4 heteroatoms. The molecule has 1 unspecified atom stereocenters. The van der Waals surface area contributed by atoms with Crippen LogP contribution in [0.1, 0.15) is 33.1 Å². The van der Waals surface area contributed by atoms with E-state index in [-0.39, 0.29) is 18.0 Å². The number of halogens is 1. The van der Waals surface area contributed by atoms with Crippen molar-refractivity contribution in [2.45, 2.75) is 44.7 Å². The lowest BCUT2D eigenvalue weighted by Gasteiger charge is -2.33. The van der Waals surface area contributed by atoms with Gasteiger partial charge in [-0.2, -0.15) is 0 Å². The Morgan fingerprint density at radius 1 is 1.35 bits per heavy atom. The lowest BCUT2D eigenvalue weighted by molar-refractivity contribution is 0.186. The van der Waals surface area contributed by atoms with E-state index in [1.165, 1.54) is 12.1 Å². The number of rotatable bonds is 4. The van der Waals surface area contributed by atoms with E-state index in [4.69, 9.17) is 0 Å². The topological polar surface area (TPSA) is 35.5 Å². The van der Waals surface area contributed by atoms with Crippen molar-refractivity contribution in [1.29, 1.82) is 0 Å². The van der Waals surface area contributed by atoms with Crippen LogP contribution in [0, 0.1) is 5.82 Å². The van der Waals surface area contributed by atoms with Crippen LogP contribution in [0.25, 0.3) is 0 Å². The highest BCUT2D eigenvalue weighted by Gasteiger charge is 2.32. The SMILES string of the molecule is CC(C)N1CCCC(CO)(Nc2cccc(F)c2)CC1. The highest BCUT2D eigenvalue weighted by atomic mass is 19.1. The molecule has 0 saturated carbocycles. The average molecular weight is 280 g/mol. The summed E-state index contributed by atoms with van der Waals surface area (Å²) in [6.45, 7) is 6.50. The van der Waals surface area contributed by atoms with Gasteiger partial charge in [-0.1, -0.05) is 6.07 Å². The standard InChI is InChI=1S/C16H25FN2O/c1-13(2)19-9-4-7-16(12-20,8-10-19)18-15-6-3-5-14(17)11-15/h3,5-6,11,13,18,20H,4,7-10,12H2,1-2H3. The van der Waals surface area contributed by atoms with Crippen molar-refractivity contribution in [3.8, 4) is 0 Å². The summed E-state index contributed by atoms with van der Waals surface area (Å²) in [4.78, 5) is 2.44. The minimum Gasteiger partial charge on any atom is -0.394 e. The van der Waals surface area contributed by atoms with Crippen LogP contribution in [0.2, 0.25) is 0 Å². The molecule has 2 rings (SSSR count). The maximum absolute atomic E-state index is 13.3. The number of benzene rings is 1. The maximum atomic E-state index is 13.3. The zero-order chi connectivity index (χ0) is 14.6. The van der Waals surface area contributed by atoms with E-state index in [0.717, 1.165) is 38.0 Å². The number of aliphatic hydroxyl groups excluding tert-OH is 1. The molecule has 1 aromatic rings. The number of hydrogen-bond donors (Lipinski definition) is 2. The predicted molar refractivity (Wildman–Crippen MR) is 80.4 cm³/mol. The second-order valence-electron chi connectivity index (χ2n) is 6.06. The molecule has 1 saturated heterocycles. The smallest absolute Gasteiger partial charge is 0.125 e. The highest BCUT2D eigenvalue weighted by molar-refractivity contribution is 5.45. The molecule has 0 radical (unpaired) electrons. The van der Waals surface area contributed by atoms with Crippen molar-refractivity contribution in [3.05, 3.63) is 30.1 Å². The maximum Gasteiger partial charge on any atom is 0.125 e. The lowest BCUT2D eigenvalue weighted by Crippen LogP contribution is -2.43. The molecule has 1 aliphatic heterocycles. The van der Waals surface area contributed by atoms with E-state index in [2.05, 4.69) is 24.1 Å². The molecule has 2 N–H and O–H groups in total. The van der Waals surface area contributed by atoms with Gasteiger partial charge >= 0.3 is 0 Å². The van der Waals surface area contributed by atoms with Gasteiger partial charge in [0.2, 0.25) is 0 Å². The first-order valence-electron chi connectivity index (χ1n) is 7.43. The van der Waals surface area contributed by atoms with Crippen LogP contribution in [0.15, 0.2) is 24.3 Å². The molecule has 0 aliphatic carbocycles. The normalized spacial score (nSPS) is 24.6. The first-order chi connectivity index (χ1) is 9.54. The molecule has 1 atom stereocenters. The summed E-state index contributed by atoms with van der Waals surface area (Å²) in [6.07, 6.45) is 2.82. The minimum absolute atomic E-state index is 0.0788. The number of aliphatic hydroxyl groups is 1. The van der Waals surface area contributed by atoms with Gasteiger partial charge in [0.25, 0.3) is 0 Å². The largest absolute Gasteiger partial charge is 0.394 e. The van der Waals surface area contributed by atoms with Crippen LogP contribution in [0.3, 0.4) is 0 Å². The molecule has 112 valence electrons. The summed E-state index contributed by atoms with van der Waals surface area (Å²) in [5, 5.41) is 13.2. The molecule has 1 aromatic carbocycles. The summed E-state index contributed by atoms with van der Waals surface area (Å²) >= 11 is 0. The molecule has 1 fully saturated rings. The quantitative estimate of drug-likeness (QED) is 0.890. The number of hydrogen-bond acceptors (Lipinski definition) is 3. The first-order valence-corrected chi connectivity index (χ1v) is 7.43. The fraction of sp³-hybridized carbons (Fsp3) is 0.625. The van der Waals surface area contributed by atoms with E-state index in [1.807, 2.05) is 6.07 Å². The van der Waals surface area contributed by atoms with Gasteiger partial charge in [0.05, 0.1) is 12.1 Å². The van der Waals surface area contributed by atoms with Crippen molar-refractivity contribution < 1.29 is 9.50 Å². The third-order valence-electron chi connectivity index (χ3n) is 4.25. The number of anilines is 1. The van der Waals surface area contributed by atoms with E-state index in [1.54, 1.807) is 6.07 Å². The summed E-state index contributed by atoms with van der Waals surface area (Å²) in [7, 11) is 0. The molecule has 0 spiro atoms. The molecular weight excluding hydrogens is 255 g/mol. The number of nitrogens with one attached hydrogen (secondary N) is 1. The summed E-state index contributed by atoms with van der Waals surface area (Å²) in [5.41, 5.74) is 0.411. The van der Waals surface area contributed by atoms with Crippen LogP contribution in [-0.4, -0.2) is 41.3 Å². The van der Waals surface area contributed by atoms with Gasteiger partial charge < -0.3 is 15.3 Å². The summed E-state index contributed by atoms with van der Waals surface area (Å²) in [5.74, 6) is -0.250. The minimum atomic E-state index is -0.336. The van der Waals surface area contributed by atoms with E-state index in [9.17, 15) is 9.50 Å². The number of nitrogens with zero attached hydrogens (tertiary/aromatic N) is 1. The summed E-state index contributed by atoms with van der Waals surface area (Å²) < 4.78 is 13.3. The van der Waals surface area contributed by atoms with Crippen molar-refractivity contribution in [2.75, 3.05) is 25.0 Å². The van der Waals surface area contributed by atoms with Gasteiger partial charge in [-0.15, -0.1) is 0 Å². The van der Waals surface area contributed by atoms with Gasteiger partial charge in [-0.05, 0) is 57.9 Å². The third-order valence-corrected chi connectivity index (χ3v) is 4.25. The second kappa shape index (κ2) is 6.55. The third kappa shape index (κ3) is 3.70. The number of likely N-dealkylation sites (tertiary alicyclic amines) is 1. The van der Waals surface area contributed by atoms with Gasteiger partial charge in [-0.25, -0.2) is 4.39 Å². The molecular formula is C16H25FN2O. The molecule has 20 heavy (non-hydrogen) atoms. The molecule has 1 heterocycles. The van der Waals surface area contributed by atoms with Crippen LogP contribution in [0.5, 0.6) is 0 Å². The molecule has 1 aliphatic rings. The highest BCUT2D eigenvalue weighted by Crippen LogP contribution is 2.27. The van der Waals surface area contributed by atoms with Crippen molar-refractivity contribution in [2.24, 2.45) is 0 Å². The average Bonchev–Trinajstić information content (AvgIpc) is 2.62. The Labute approximate surface area is 120 Å². The Morgan fingerprint density at radius 3 is 2.80 bits per heavy atom. The van der Waals surface area contributed by atoms with E-state index in [0.29, 0.717) is 6.04 Å². The Morgan fingerprint density at radius 2 is 2.15 bits per heavy atom. The zero-order valence-corrected chi connectivity index (χ0v) is 12.4. The van der Waals surface area contributed by atoms with E-state index < -0.39 is 0 Å². The molecule has 0 amide bonds. The van der Waals surface area contributed by atoms with Crippen LogP contribution in [0.4, 0.5) is 10.1 Å². The molecule has 0 bridgehead atoms. The van der Waals surface area contributed by atoms with Gasteiger partial charge in [0.1, 0.15) is 5.82 Å². The molecule has 3 nitrogen and oxygen atoms in total. The van der Waals surface area contributed by atoms with Gasteiger partial charge in [-0.3, -0.25) is 0 Å². The predicted octanol–water partition coefficient (Wildman–Crippen LogP) is 2.86. The van der Waals surface area contributed by atoms with E-state index >= 15 is 0 Å². The molecule has 0 aromatic heterocycles. The Kier molecular flexibility index (Phi) is 5.00. The van der Waals surface area contributed by atoms with Crippen LogP contribution < -0.4 is 5.32 Å². The van der Waals surface area contributed by atoms with Crippen molar-refractivity contribution in [3.63, 3.8) is 0 Å². The second-order valence-corrected chi connectivity index (χ2v) is 6.06.